The maximum absolute atomic E-state index is 4.56. The van der Waals surface area contributed by atoms with Gasteiger partial charge in [-0.1, -0.05) is 24.8 Å². The van der Waals surface area contributed by atoms with Gasteiger partial charge in [-0.2, -0.15) is 0 Å². The van der Waals surface area contributed by atoms with Crippen LogP contribution in [0.3, 0.4) is 0 Å². The van der Waals surface area contributed by atoms with Crippen molar-refractivity contribution in [3.8, 4) is 0 Å². The number of thioether (sulfide) groups is 1. The van der Waals surface area contributed by atoms with Crippen LogP contribution in [0.4, 0.5) is 0 Å². The van der Waals surface area contributed by atoms with Gasteiger partial charge in [0.05, 0.1) is 12.2 Å². The number of hydrogen-bond donors (Lipinski definition) is 0. The zero-order chi connectivity index (χ0) is 12.8. The van der Waals surface area contributed by atoms with Crippen LogP contribution in [0.5, 0.6) is 0 Å². The van der Waals surface area contributed by atoms with E-state index in [1.54, 1.807) is 23.1 Å². The van der Waals surface area contributed by atoms with Crippen LogP contribution in [0.2, 0.25) is 0 Å². The molecule has 0 amide bonds. The Morgan fingerprint density at radius 3 is 3.05 bits per heavy atom. The number of thiophene rings is 1. The largest absolute Gasteiger partial charge is 0.317 e. The molecule has 20 heavy (non-hydrogen) atoms. The molecule has 1 aromatic carbocycles. The summed E-state index contributed by atoms with van der Waals surface area (Å²) in [5.74, 6) is 0. The average molecular weight is 321 g/mol. The number of fused-ring (bicyclic) bond motifs is 2. The van der Waals surface area contributed by atoms with Crippen LogP contribution in [-0.4, -0.2) is 23.2 Å². The molecule has 3 heterocycles. The minimum absolute atomic E-state index is 0. The van der Waals surface area contributed by atoms with Crippen molar-refractivity contribution in [2.75, 3.05) is 13.1 Å². The van der Waals surface area contributed by atoms with Crippen molar-refractivity contribution in [3.05, 3.63) is 52.8 Å². The van der Waals surface area contributed by atoms with Crippen molar-refractivity contribution in [3.63, 3.8) is 0 Å². The number of benzene rings is 1. The summed E-state index contributed by atoms with van der Waals surface area (Å²) in [5.41, 5.74) is 2.58. The molecule has 102 valence electrons. The molecule has 0 atom stereocenters. The first-order valence-electron chi connectivity index (χ1n) is 6.21. The molecule has 0 fully saturated rings. The van der Waals surface area contributed by atoms with Gasteiger partial charge < -0.3 is 4.90 Å². The third kappa shape index (κ3) is 1.91. The maximum atomic E-state index is 4.56. The summed E-state index contributed by atoms with van der Waals surface area (Å²) in [5, 5.41) is 4.61. The smallest absolute Gasteiger partial charge is 0.168 e. The van der Waals surface area contributed by atoms with E-state index in [1.165, 1.54) is 26.3 Å². The maximum Gasteiger partial charge on any atom is 0.168 e. The normalized spacial score (nSPS) is 17.2. The zero-order valence-corrected chi connectivity index (χ0v) is 13.2. The summed E-state index contributed by atoms with van der Waals surface area (Å²) in [6.07, 6.45) is 1.95. The van der Waals surface area contributed by atoms with Crippen LogP contribution in [0, 0.1) is 0 Å². The Morgan fingerprint density at radius 1 is 1.30 bits per heavy atom. The minimum Gasteiger partial charge on any atom is -0.317 e. The molecule has 4 rings (SSSR count). The Labute approximate surface area is 132 Å². The third-order valence-corrected chi connectivity index (χ3v) is 5.44. The topological polar surface area (TPSA) is 15.6 Å². The number of aliphatic imine (C=N–C) groups is 1. The van der Waals surface area contributed by atoms with Crippen molar-refractivity contribution in [1.82, 2.24) is 4.90 Å². The first-order chi connectivity index (χ1) is 9.38. The molecule has 0 spiro atoms. The summed E-state index contributed by atoms with van der Waals surface area (Å²) < 4.78 is 1.34. The second-order valence-corrected chi connectivity index (χ2v) is 6.43. The summed E-state index contributed by atoms with van der Waals surface area (Å²) in [6, 6.07) is 8.73. The highest BCUT2D eigenvalue weighted by Crippen LogP contribution is 2.44. The molecule has 1 aromatic heterocycles. The van der Waals surface area contributed by atoms with Crippen molar-refractivity contribution in [1.29, 1.82) is 0 Å². The lowest BCUT2D eigenvalue weighted by atomic mass is 10.1. The molecular weight excluding hydrogens is 308 g/mol. The van der Waals surface area contributed by atoms with Crippen molar-refractivity contribution in [2.45, 2.75) is 0 Å². The van der Waals surface area contributed by atoms with Gasteiger partial charge in [0.1, 0.15) is 0 Å². The summed E-state index contributed by atoms with van der Waals surface area (Å²) in [4.78, 5) is 8.11. The highest BCUT2D eigenvalue weighted by atomic mass is 35.5. The van der Waals surface area contributed by atoms with Crippen LogP contribution in [0.25, 0.3) is 15.8 Å². The second kappa shape index (κ2) is 5.28. The molecule has 0 saturated heterocycles. The zero-order valence-electron chi connectivity index (χ0n) is 10.7. The standard InChI is InChI=1S/C15H12N2S2.ClH/c1-2-12-14(17-8-7-16-15(17)19-12)11-4-3-5-13-10(11)6-9-18-13;/h2-6,9H,1,7-8H2;1H. The molecule has 0 saturated carbocycles. The highest BCUT2D eigenvalue weighted by molar-refractivity contribution is 8.17. The van der Waals surface area contributed by atoms with Gasteiger partial charge in [0.2, 0.25) is 0 Å². The van der Waals surface area contributed by atoms with E-state index in [0.29, 0.717) is 0 Å². The van der Waals surface area contributed by atoms with E-state index in [4.69, 9.17) is 0 Å². The molecule has 2 aliphatic rings. The molecule has 2 aromatic rings. The van der Waals surface area contributed by atoms with Crippen LogP contribution >= 0.6 is 35.5 Å². The SMILES string of the molecule is C=CC1=C(c2cccc3sccc23)N2CCN=C2S1.Cl. The lowest BCUT2D eigenvalue weighted by molar-refractivity contribution is 0.649. The molecule has 0 bridgehead atoms. The van der Waals surface area contributed by atoms with Crippen LogP contribution in [0.1, 0.15) is 5.56 Å². The van der Waals surface area contributed by atoms with Crippen molar-refractivity contribution in [2.24, 2.45) is 4.99 Å². The van der Waals surface area contributed by atoms with E-state index in [2.05, 4.69) is 46.1 Å². The van der Waals surface area contributed by atoms with Gasteiger partial charge in [0, 0.05) is 27.1 Å². The summed E-state index contributed by atoms with van der Waals surface area (Å²) >= 11 is 3.53. The molecule has 2 aliphatic heterocycles. The fraction of sp³-hybridized carbons (Fsp3) is 0.133. The van der Waals surface area contributed by atoms with Crippen molar-refractivity contribution < 1.29 is 0 Å². The van der Waals surface area contributed by atoms with Crippen LogP contribution < -0.4 is 0 Å². The van der Waals surface area contributed by atoms with Crippen LogP contribution in [-0.2, 0) is 0 Å². The number of nitrogens with zero attached hydrogens (tertiary/aromatic N) is 2. The first kappa shape index (κ1) is 13.7. The van der Waals surface area contributed by atoms with Gasteiger partial charge in [-0.05, 0) is 29.3 Å². The summed E-state index contributed by atoms with van der Waals surface area (Å²) in [6.45, 7) is 5.84. The van der Waals surface area contributed by atoms with Crippen LogP contribution in [0.15, 0.2) is 52.2 Å². The number of hydrogen-bond acceptors (Lipinski definition) is 4. The quantitative estimate of drug-likeness (QED) is 0.804. The predicted molar refractivity (Wildman–Crippen MR) is 92.8 cm³/mol. The Bertz CT molecular complexity index is 745. The monoisotopic (exact) mass is 320 g/mol. The van der Waals surface area contributed by atoms with E-state index in [-0.39, 0.29) is 12.4 Å². The lowest BCUT2D eigenvalue weighted by Crippen LogP contribution is -2.20. The second-order valence-electron chi connectivity index (χ2n) is 4.47. The Morgan fingerprint density at radius 2 is 2.20 bits per heavy atom. The van der Waals surface area contributed by atoms with E-state index >= 15 is 0 Å². The Hall–Kier alpha value is -1.23. The predicted octanol–water partition coefficient (Wildman–Crippen LogP) is 4.60. The van der Waals surface area contributed by atoms with Gasteiger partial charge in [-0.3, -0.25) is 4.99 Å². The van der Waals surface area contributed by atoms with Gasteiger partial charge >= 0.3 is 0 Å². The number of allylic oxidation sites excluding steroid dienone is 1. The van der Waals surface area contributed by atoms with Crippen molar-refractivity contribution >= 4 is 56.5 Å². The Kier molecular flexibility index (Phi) is 3.63. The number of rotatable bonds is 2. The molecule has 0 unspecified atom stereocenters. The third-order valence-electron chi connectivity index (χ3n) is 3.44. The fourth-order valence-corrected chi connectivity index (χ4v) is 4.48. The molecule has 0 N–H and O–H groups in total. The van der Waals surface area contributed by atoms with E-state index in [1.807, 2.05) is 6.08 Å². The van der Waals surface area contributed by atoms with Gasteiger partial charge in [0.25, 0.3) is 0 Å². The average Bonchev–Trinajstić information content (AvgIpc) is 3.12. The van der Waals surface area contributed by atoms with Gasteiger partial charge in [0.15, 0.2) is 5.17 Å². The molecule has 5 heteroatoms. The first-order valence-corrected chi connectivity index (χ1v) is 7.91. The number of amidine groups is 1. The van der Waals surface area contributed by atoms with E-state index < -0.39 is 0 Å². The fourth-order valence-electron chi connectivity index (χ4n) is 2.62. The Balaban J connectivity index is 0.00000121. The minimum atomic E-state index is 0. The van der Waals surface area contributed by atoms with E-state index in [9.17, 15) is 0 Å². The van der Waals surface area contributed by atoms with E-state index in [0.717, 1.165) is 18.3 Å². The molecule has 2 nitrogen and oxygen atoms in total. The highest BCUT2D eigenvalue weighted by Gasteiger charge is 2.32. The molecule has 0 radical (unpaired) electrons. The van der Waals surface area contributed by atoms with Gasteiger partial charge in [-0.25, -0.2) is 0 Å². The lowest BCUT2D eigenvalue weighted by Gasteiger charge is -2.17. The summed E-state index contributed by atoms with van der Waals surface area (Å²) in [7, 11) is 0. The molecule has 0 aliphatic carbocycles. The number of halogens is 1. The van der Waals surface area contributed by atoms with Gasteiger partial charge in [-0.15, -0.1) is 23.7 Å². The molecular formula is C15H13ClN2S2.